The minimum Gasteiger partial charge on any atom is -0.497 e. The molecule has 4 rings (SSSR count). The van der Waals surface area contributed by atoms with Crippen LogP contribution in [0.5, 0.6) is 5.75 Å². The second kappa shape index (κ2) is 9.11. The molecule has 1 fully saturated rings. The van der Waals surface area contributed by atoms with Gasteiger partial charge in [-0.2, -0.15) is 0 Å². The van der Waals surface area contributed by atoms with Gasteiger partial charge in [0.15, 0.2) is 0 Å². The zero-order chi connectivity index (χ0) is 20.9. The third kappa shape index (κ3) is 4.37. The number of methoxy groups -OCH3 is 1. The van der Waals surface area contributed by atoms with Crippen LogP contribution in [0.15, 0.2) is 59.4 Å². The van der Waals surface area contributed by atoms with E-state index in [-0.39, 0.29) is 17.5 Å². The Morgan fingerprint density at radius 3 is 2.63 bits per heavy atom. The number of fused-ring (bicyclic) bond motifs is 1. The first-order valence-electron chi connectivity index (χ1n) is 10.0. The number of rotatable bonds is 6. The molecule has 0 radical (unpaired) electrons. The Kier molecular flexibility index (Phi) is 6.11. The van der Waals surface area contributed by atoms with Crippen molar-refractivity contribution < 1.29 is 14.3 Å². The molecule has 1 saturated heterocycles. The second-order valence-electron chi connectivity index (χ2n) is 7.24. The van der Waals surface area contributed by atoms with Crippen molar-refractivity contribution in [3.05, 3.63) is 76.1 Å². The first-order valence-corrected chi connectivity index (χ1v) is 10.0. The van der Waals surface area contributed by atoms with Crippen molar-refractivity contribution in [1.82, 2.24) is 15.2 Å². The number of para-hydroxylation sites is 1. The molecule has 0 bridgehead atoms. The fourth-order valence-corrected chi connectivity index (χ4v) is 3.85. The normalized spacial score (nSPS) is 15.6. The lowest BCUT2D eigenvalue weighted by Gasteiger charge is -2.35. The number of hydrogen-bond donors (Lipinski definition) is 2. The zero-order valence-electron chi connectivity index (χ0n) is 16.9. The Morgan fingerprint density at radius 2 is 1.90 bits per heavy atom. The monoisotopic (exact) mass is 407 g/mol. The van der Waals surface area contributed by atoms with E-state index < -0.39 is 0 Å². The molecule has 0 aliphatic carbocycles. The summed E-state index contributed by atoms with van der Waals surface area (Å²) < 4.78 is 10.8. The zero-order valence-corrected chi connectivity index (χ0v) is 16.9. The van der Waals surface area contributed by atoms with Gasteiger partial charge in [-0.1, -0.05) is 30.3 Å². The lowest BCUT2D eigenvalue weighted by molar-refractivity contribution is 0.0162. The van der Waals surface area contributed by atoms with Crippen molar-refractivity contribution in [1.29, 1.82) is 0 Å². The predicted molar refractivity (Wildman–Crippen MR) is 115 cm³/mol. The molecule has 3 aromatic rings. The maximum absolute atomic E-state index is 13.0. The molecule has 1 unspecified atom stereocenters. The summed E-state index contributed by atoms with van der Waals surface area (Å²) in [5.74, 6) is 0.530. The highest BCUT2D eigenvalue weighted by atomic mass is 16.5. The number of carbonyl (C=O) groups is 1. The van der Waals surface area contributed by atoms with Crippen LogP contribution in [0.4, 0.5) is 0 Å². The Hall–Kier alpha value is -3.16. The molecule has 1 aliphatic heterocycles. The van der Waals surface area contributed by atoms with Crippen LogP contribution in [0.25, 0.3) is 10.9 Å². The average molecular weight is 407 g/mol. The summed E-state index contributed by atoms with van der Waals surface area (Å²) in [5, 5.41) is 3.76. The summed E-state index contributed by atoms with van der Waals surface area (Å²) in [6.07, 6.45) is 0. The lowest BCUT2D eigenvalue weighted by Crippen LogP contribution is -2.43. The number of H-pyrrole nitrogens is 1. The molecule has 7 heteroatoms. The molecule has 30 heavy (non-hydrogen) atoms. The van der Waals surface area contributed by atoms with Crippen LogP contribution in [0.1, 0.15) is 22.0 Å². The molecule has 0 spiro atoms. The first-order chi connectivity index (χ1) is 14.7. The van der Waals surface area contributed by atoms with Gasteiger partial charge < -0.3 is 19.8 Å². The topological polar surface area (TPSA) is 83.7 Å². The highest BCUT2D eigenvalue weighted by Gasteiger charge is 2.24. The highest BCUT2D eigenvalue weighted by Crippen LogP contribution is 2.24. The van der Waals surface area contributed by atoms with E-state index in [2.05, 4.69) is 15.2 Å². The van der Waals surface area contributed by atoms with E-state index in [0.29, 0.717) is 30.8 Å². The molecule has 0 saturated carbocycles. The summed E-state index contributed by atoms with van der Waals surface area (Å²) in [6, 6.07) is 16.6. The number of aromatic nitrogens is 1. The van der Waals surface area contributed by atoms with Crippen LogP contribution in [0.2, 0.25) is 0 Å². The van der Waals surface area contributed by atoms with Crippen molar-refractivity contribution in [2.45, 2.75) is 6.04 Å². The minimum absolute atomic E-state index is 0.00276. The summed E-state index contributed by atoms with van der Waals surface area (Å²) in [5.41, 5.74) is 1.83. The van der Waals surface area contributed by atoms with E-state index in [1.54, 1.807) is 13.2 Å². The van der Waals surface area contributed by atoms with E-state index in [4.69, 9.17) is 9.47 Å². The predicted octanol–water partition coefficient (Wildman–Crippen LogP) is 2.34. The van der Waals surface area contributed by atoms with Gasteiger partial charge >= 0.3 is 0 Å². The van der Waals surface area contributed by atoms with E-state index in [0.717, 1.165) is 29.8 Å². The molecular weight excluding hydrogens is 382 g/mol. The first kappa shape index (κ1) is 20.1. The number of morpholine rings is 1. The SMILES string of the molecule is COc1ccc(C(CNC(=O)c2cc(=O)[nH]c3ccccc23)N2CCOCC2)cc1. The van der Waals surface area contributed by atoms with Crippen LogP contribution >= 0.6 is 0 Å². The van der Waals surface area contributed by atoms with Gasteiger partial charge in [0.05, 0.1) is 31.9 Å². The van der Waals surface area contributed by atoms with Crippen molar-refractivity contribution in [2.75, 3.05) is 40.0 Å². The van der Waals surface area contributed by atoms with Gasteiger partial charge in [0.1, 0.15) is 5.75 Å². The van der Waals surface area contributed by atoms with Crippen molar-refractivity contribution in [3.8, 4) is 5.75 Å². The van der Waals surface area contributed by atoms with Crippen LogP contribution in [-0.2, 0) is 4.74 Å². The lowest BCUT2D eigenvalue weighted by atomic mass is 10.0. The van der Waals surface area contributed by atoms with E-state index >= 15 is 0 Å². The molecule has 2 heterocycles. The largest absolute Gasteiger partial charge is 0.497 e. The number of benzene rings is 2. The molecule has 1 amide bonds. The standard InChI is InChI=1S/C23H25N3O4/c1-29-17-8-6-16(7-9-17)21(26-10-12-30-13-11-26)15-24-23(28)19-14-22(27)25-20-5-3-2-4-18(19)20/h2-9,14,21H,10-13,15H2,1H3,(H,24,28)(H,25,27). The van der Waals surface area contributed by atoms with Crippen LogP contribution in [-0.4, -0.2) is 55.7 Å². The fraction of sp³-hybridized carbons (Fsp3) is 0.304. The molecule has 1 aromatic heterocycles. The highest BCUT2D eigenvalue weighted by molar-refractivity contribution is 6.05. The number of hydrogen-bond acceptors (Lipinski definition) is 5. The maximum atomic E-state index is 13.0. The number of pyridine rings is 1. The van der Waals surface area contributed by atoms with Crippen LogP contribution in [0.3, 0.4) is 0 Å². The Balaban J connectivity index is 1.57. The van der Waals surface area contributed by atoms with E-state index in [1.165, 1.54) is 6.07 Å². The fourth-order valence-electron chi connectivity index (χ4n) is 3.85. The Morgan fingerprint density at radius 1 is 1.17 bits per heavy atom. The van der Waals surface area contributed by atoms with Gasteiger partial charge in [-0.05, 0) is 23.8 Å². The van der Waals surface area contributed by atoms with Gasteiger partial charge in [0.25, 0.3) is 5.91 Å². The van der Waals surface area contributed by atoms with Gasteiger partial charge in [-0.3, -0.25) is 14.5 Å². The van der Waals surface area contributed by atoms with Crippen molar-refractivity contribution >= 4 is 16.8 Å². The third-order valence-corrected chi connectivity index (χ3v) is 5.44. The number of aromatic amines is 1. The summed E-state index contributed by atoms with van der Waals surface area (Å²) in [6.45, 7) is 3.34. The molecule has 2 N–H and O–H groups in total. The number of ether oxygens (including phenoxy) is 2. The summed E-state index contributed by atoms with van der Waals surface area (Å²) >= 11 is 0. The number of carbonyl (C=O) groups excluding carboxylic acids is 1. The van der Waals surface area contributed by atoms with E-state index in [1.807, 2.05) is 42.5 Å². The van der Waals surface area contributed by atoms with Crippen molar-refractivity contribution in [2.24, 2.45) is 0 Å². The Bertz CT molecular complexity index is 1070. The molecule has 2 aromatic carbocycles. The van der Waals surface area contributed by atoms with Gasteiger partial charge in [0, 0.05) is 36.6 Å². The van der Waals surface area contributed by atoms with Crippen LogP contribution < -0.4 is 15.6 Å². The smallest absolute Gasteiger partial charge is 0.252 e. The van der Waals surface area contributed by atoms with Crippen LogP contribution in [0, 0.1) is 0 Å². The number of amides is 1. The quantitative estimate of drug-likeness (QED) is 0.655. The summed E-state index contributed by atoms with van der Waals surface area (Å²) in [7, 11) is 1.64. The number of nitrogens with zero attached hydrogens (tertiary/aromatic N) is 1. The van der Waals surface area contributed by atoms with Crippen molar-refractivity contribution in [3.63, 3.8) is 0 Å². The van der Waals surface area contributed by atoms with Gasteiger partial charge in [0.2, 0.25) is 5.56 Å². The molecule has 1 atom stereocenters. The molecular formula is C23H25N3O4. The van der Waals surface area contributed by atoms with E-state index in [9.17, 15) is 9.59 Å². The maximum Gasteiger partial charge on any atom is 0.252 e. The average Bonchev–Trinajstić information content (AvgIpc) is 2.79. The Labute approximate surface area is 174 Å². The molecule has 1 aliphatic rings. The second-order valence-corrected chi connectivity index (χ2v) is 7.24. The minimum atomic E-state index is -0.293. The molecule has 7 nitrogen and oxygen atoms in total. The molecule has 156 valence electrons. The number of nitrogens with one attached hydrogen (secondary N) is 2. The van der Waals surface area contributed by atoms with Gasteiger partial charge in [-0.25, -0.2) is 0 Å². The van der Waals surface area contributed by atoms with Gasteiger partial charge in [-0.15, -0.1) is 0 Å². The summed E-state index contributed by atoms with van der Waals surface area (Å²) in [4.78, 5) is 30.1. The third-order valence-electron chi connectivity index (χ3n) is 5.44.